The lowest BCUT2D eigenvalue weighted by Crippen LogP contribution is -2.19. The Morgan fingerprint density at radius 3 is 1.95 bits per heavy atom. The first kappa shape index (κ1) is 21.5. The summed E-state index contributed by atoms with van der Waals surface area (Å²) >= 11 is 0. The Bertz CT molecular complexity index is 513. The molecule has 0 rings (SSSR count). The van der Waals surface area contributed by atoms with Crippen molar-refractivity contribution in [3.05, 3.63) is 24.3 Å². The van der Waals surface area contributed by atoms with E-state index in [4.69, 9.17) is 0 Å². The molecule has 22 heavy (non-hydrogen) atoms. The van der Waals surface area contributed by atoms with Crippen LogP contribution in [-0.4, -0.2) is 43.5 Å². The Hall–Kier alpha value is -2.82. The number of ether oxygens (including phenoxy) is 2. The maximum Gasteiger partial charge on any atom is 0.335 e. The lowest BCUT2D eigenvalue weighted by Gasteiger charge is -2.08. The third-order valence-corrected chi connectivity index (χ3v) is 1.72. The molecule has 0 heterocycles. The highest BCUT2D eigenvalue weighted by Gasteiger charge is 2.12. The Balaban J connectivity index is 0. The van der Waals surface area contributed by atoms with Crippen molar-refractivity contribution in [2.24, 2.45) is 9.98 Å². The molecule has 0 fully saturated rings. The fourth-order valence-electron chi connectivity index (χ4n) is 0.757. The lowest BCUT2D eigenvalue weighted by molar-refractivity contribution is -0.143. The van der Waals surface area contributed by atoms with Gasteiger partial charge in [-0.25, -0.2) is 19.2 Å². The van der Waals surface area contributed by atoms with Crippen molar-refractivity contribution in [3.63, 3.8) is 0 Å². The van der Waals surface area contributed by atoms with Gasteiger partial charge in [0.15, 0.2) is 0 Å². The predicted molar refractivity (Wildman–Crippen MR) is 77.3 cm³/mol. The van der Waals surface area contributed by atoms with Crippen LogP contribution >= 0.6 is 0 Å². The van der Waals surface area contributed by atoms with Gasteiger partial charge in [0.25, 0.3) is 0 Å². The number of nitrogens with zero attached hydrogens (tertiary/aromatic N) is 2. The average molecular weight is 310 g/mol. The van der Waals surface area contributed by atoms with E-state index in [2.05, 4.69) is 32.6 Å². The second-order valence-electron chi connectivity index (χ2n) is 3.79. The summed E-state index contributed by atoms with van der Waals surface area (Å²) in [5.41, 5.74) is 0.609. The van der Waals surface area contributed by atoms with Crippen molar-refractivity contribution in [1.29, 1.82) is 0 Å². The van der Waals surface area contributed by atoms with Gasteiger partial charge in [-0.2, -0.15) is 9.98 Å². The minimum Gasteiger partial charge on any atom is -0.463 e. The van der Waals surface area contributed by atoms with Crippen LogP contribution < -0.4 is 0 Å². The molecule has 0 aliphatic heterocycles. The molecule has 0 radical (unpaired) electrons. The van der Waals surface area contributed by atoms with Crippen molar-refractivity contribution in [3.8, 4) is 0 Å². The van der Waals surface area contributed by atoms with E-state index in [-0.39, 0.29) is 18.1 Å². The Labute approximate surface area is 128 Å². The van der Waals surface area contributed by atoms with E-state index >= 15 is 0 Å². The summed E-state index contributed by atoms with van der Waals surface area (Å²) in [7, 11) is 0. The van der Waals surface area contributed by atoms with E-state index in [1.807, 2.05) is 0 Å². The van der Waals surface area contributed by atoms with E-state index in [0.717, 1.165) is 0 Å². The highest BCUT2D eigenvalue weighted by atomic mass is 16.6. The first-order valence-electron chi connectivity index (χ1n) is 6.09. The minimum absolute atomic E-state index is 0.159. The lowest BCUT2D eigenvalue weighted by atomic mass is 10.4. The predicted octanol–water partition coefficient (Wildman–Crippen LogP) is 1.23. The molecule has 0 saturated carbocycles. The van der Waals surface area contributed by atoms with Gasteiger partial charge in [-0.3, -0.25) is 0 Å². The molecule has 0 aromatic rings. The van der Waals surface area contributed by atoms with Crippen LogP contribution in [-0.2, 0) is 28.7 Å². The van der Waals surface area contributed by atoms with Crippen LogP contribution in [0.3, 0.4) is 0 Å². The molecule has 0 aliphatic rings. The molecule has 8 nitrogen and oxygen atoms in total. The highest BCUT2D eigenvalue weighted by molar-refractivity contribution is 5.87. The van der Waals surface area contributed by atoms with E-state index in [9.17, 15) is 19.2 Å². The Morgan fingerprint density at radius 2 is 1.64 bits per heavy atom. The number of hydrogen-bond acceptors (Lipinski definition) is 8. The molecular weight excluding hydrogens is 292 g/mol. The SMILES string of the molecule is C=C(C)C(=O)OC(CN=C=O)N=C=O.C=C(C)C(=O)OCC. The third-order valence-electron chi connectivity index (χ3n) is 1.72. The van der Waals surface area contributed by atoms with Crippen LogP contribution in [0, 0.1) is 0 Å². The fourth-order valence-corrected chi connectivity index (χ4v) is 0.757. The van der Waals surface area contributed by atoms with E-state index in [0.29, 0.717) is 12.2 Å². The maximum atomic E-state index is 10.9. The van der Waals surface area contributed by atoms with Crippen molar-refractivity contribution < 1.29 is 28.7 Å². The Morgan fingerprint density at radius 1 is 1.09 bits per heavy atom. The van der Waals surface area contributed by atoms with E-state index < -0.39 is 12.2 Å². The van der Waals surface area contributed by atoms with Gasteiger partial charge in [-0.05, 0) is 20.8 Å². The number of carbonyl (C=O) groups excluding carboxylic acids is 4. The summed E-state index contributed by atoms with van der Waals surface area (Å²) in [5, 5.41) is 0. The molecule has 0 amide bonds. The molecule has 0 N–H and O–H groups in total. The van der Waals surface area contributed by atoms with Crippen molar-refractivity contribution in [2.75, 3.05) is 13.2 Å². The van der Waals surface area contributed by atoms with Crippen LogP contribution in [0.1, 0.15) is 20.8 Å². The fraction of sp³-hybridized carbons (Fsp3) is 0.429. The van der Waals surface area contributed by atoms with Crippen LogP contribution in [0.2, 0.25) is 0 Å². The number of isocyanates is 2. The molecule has 0 aromatic carbocycles. The summed E-state index contributed by atoms with van der Waals surface area (Å²) in [6.45, 7) is 11.7. The molecule has 0 bridgehead atoms. The zero-order valence-corrected chi connectivity index (χ0v) is 12.7. The molecular formula is C14H18N2O6. The van der Waals surface area contributed by atoms with Crippen LogP contribution in [0.25, 0.3) is 0 Å². The van der Waals surface area contributed by atoms with E-state index in [1.165, 1.54) is 19.1 Å². The third kappa shape index (κ3) is 12.2. The van der Waals surface area contributed by atoms with Crippen molar-refractivity contribution in [1.82, 2.24) is 0 Å². The first-order valence-corrected chi connectivity index (χ1v) is 6.09. The average Bonchev–Trinajstić information content (AvgIpc) is 2.45. The van der Waals surface area contributed by atoms with Gasteiger partial charge in [0.05, 0.1) is 6.61 Å². The number of hydrogen-bond donors (Lipinski definition) is 0. The van der Waals surface area contributed by atoms with Gasteiger partial charge in [0, 0.05) is 11.1 Å². The molecule has 0 spiro atoms. The highest BCUT2D eigenvalue weighted by Crippen LogP contribution is 2.00. The van der Waals surface area contributed by atoms with Gasteiger partial charge < -0.3 is 9.47 Å². The van der Waals surface area contributed by atoms with Gasteiger partial charge in [-0.1, -0.05) is 13.2 Å². The monoisotopic (exact) mass is 310 g/mol. The molecule has 0 aliphatic carbocycles. The molecule has 1 atom stereocenters. The molecule has 0 aromatic heterocycles. The van der Waals surface area contributed by atoms with Crippen molar-refractivity contribution in [2.45, 2.75) is 27.0 Å². The normalized spacial score (nSPS) is 9.59. The number of carbonyl (C=O) groups is 2. The summed E-state index contributed by atoms with van der Waals surface area (Å²) in [6, 6.07) is 0. The number of aliphatic imine (C=N–C) groups is 2. The van der Waals surface area contributed by atoms with Gasteiger partial charge >= 0.3 is 11.9 Å². The first-order chi connectivity index (χ1) is 10.3. The maximum absolute atomic E-state index is 10.9. The van der Waals surface area contributed by atoms with Crippen LogP contribution in [0.5, 0.6) is 0 Å². The second kappa shape index (κ2) is 13.2. The standard InChI is InChI=1S/C8H8N2O4.C6H10O2/c1-6(2)8(13)14-7(10-5-12)3-9-4-11;1-4-8-6(7)5(2)3/h7H,1,3H2,2H3;2,4H2,1,3H3. The second-order valence-corrected chi connectivity index (χ2v) is 3.79. The van der Waals surface area contributed by atoms with E-state index in [1.54, 1.807) is 13.8 Å². The number of esters is 2. The largest absolute Gasteiger partial charge is 0.463 e. The molecule has 120 valence electrons. The summed E-state index contributed by atoms with van der Waals surface area (Å²) in [4.78, 5) is 47.2. The zero-order valence-electron chi connectivity index (χ0n) is 12.7. The van der Waals surface area contributed by atoms with Gasteiger partial charge in [0.1, 0.15) is 6.54 Å². The quantitative estimate of drug-likeness (QED) is 0.302. The smallest absolute Gasteiger partial charge is 0.335 e. The molecule has 1 unspecified atom stereocenters. The van der Waals surface area contributed by atoms with Crippen molar-refractivity contribution >= 4 is 24.1 Å². The topological polar surface area (TPSA) is 111 Å². The molecule has 8 heteroatoms. The van der Waals surface area contributed by atoms with Gasteiger partial charge in [-0.15, -0.1) is 0 Å². The minimum atomic E-state index is -1.14. The Kier molecular flexibility index (Phi) is 12.9. The van der Waals surface area contributed by atoms with Gasteiger partial charge in [0.2, 0.25) is 18.4 Å². The number of rotatable bonds is 7. The summed E-state index contributed by atoms with van der Waals surface area (Å²) < 4.78 is 9.18. The zero-order chi connectivity index (χ0) is 17.5. The summed E-state index contributed by atoms with van der Waals surface area (Å²) in [6.07, 6.45) is 1.29. The summed E-state index contributed by atoms with van der Waals surface area (Å²) in [5.74, 6) is -1.03. The van der Waals surface area contributed by atoms with Crippen LogP contribution in [0.15, 0.2) is 34.3 Å². The molecule has 0 saturated heterocycles. The van der Waals surface area contributed by atoms with Crippen LogP contribution in [0.4, 0.5) is 0 Å².